The third kappa shape index (κ3) is 4.36. The van der Waals surface area contributed by atoms with E-state index in [0.29, 0.717) is 25.2 Å². The molecule has 0 atom stereocenters. The van der Waals surface area contributed by atoms with Gasteiger partial charge < -0.3 is 5.32 Å². The van der Waals surface area contributed by atoms with Gasteiger partial charge in [-0.05, 0) is 18.2 Å². The van der Waals surface area contributed by atoms with Crippen molar-refractivity contribution in [1.29, 1.82) is 0 Å². The van der Waals surface area contributed by atoms with Crippen LogP contribution in [-0.2, 0) is 11.2 Å². The summed E-state index contributed by atoms with van der Waals surface area (Å²) in [6.45, 7) is 0. The molecule has 0 unspecified atom stereocenters. The fourth-order valence-corrected chi connectivity index (χ4v) is 5.30. The Hall–Kier alpha value is -1.84. The van der Waals surface area contributed by atoms with Gasteiger partial charge >= 0.3 is 0 Å². The number of amides is 1. The van der Waals surface area contributed by atoms with Crippen molar-refractivity contribution < 1.29 is 4.79 Å². The number of halogens is 2. The van der Waals surface area contributed by atoms with E-state index in [2.05, 4.69) is 20.3 Å². The maximum atomic E-state index is 12.3. The summed E-state index contributed by atoms with van der Waals surface area (Å²) >= 11 is 16.2. The molecule has 4 rings (SSSR count). The second-order valence-corrected chi connectivity index (χ2v) is 9.36. The lowest BCUT2D eigenvalue weighted by Gasteiger charge is -1.99. The number of hydrogen-bond acceptors (Lipinski definition) is 7. The van der Waals surface area contributed by atoms with E-state index in [9.17, 15) is 4.79 Å². The Bertz CT molecular complexity index is 1090. The number of nitrogens with zero attached hydrogens (tertiary/aromatic N) is 3. The van der Waals surface area contributed by atoms with E-state index < -0.39 is 0 Å². The maximum absolute atomic E-state index is 12.3. The van der Waals surface area contributed by atoms with E-state index in [4.69, 9.17) is 23.2 Å². The molecule has 0 radical (unpaired) electrons. The van der Waals surface area contributed by atoms with Gasteiger partial charge in [-0.1, -0.05) is 29.3 Å². The zero-order chi connectivity index (χ0) is 18.8. The van der Waals surface area contributed by atoms with Crippen molar-refractivity contribution in [3.8, 4) is 22.0 Å². The monoisotopic (exact) mass is 452 g/mol. The average molecular weight is 453 g/mol. The molecular formula is C17H10Cl2N4OS3. The zero-order valence-electron chi connectivity index (χ0n) is 13.5. The van der Waals surface area contributed by atoms with Crippen molar-refractivity contribution >= 4 is 68.3 Å². The van der Waals surface area contributed by atoms with Gasteiger partial charge in [0.1, 0.15) is 9.34 Å². The van der Waals surface area contributed by atoms with Crippen molar-refractivity contribution in [1.82, 2.24) is 15.0 Å². The lowest BCUT2D eigenvalue weighted by Crippen LogP contribution is -2.14. The number of carbonyl (C=O) groups is 1. The first-order chi connectivity index (χ1) is 13.1. The zero-order valence-corrected chi connectivity index (χ0v) is 17.4. The molecule has 1 amide bonds. The molecule has 0 saturated heterocycles. The molecule has 0 bridgehead atoms. The van der Waals surface area contributed by atoms with Gasteiger partial charge in [0.2, 0.25) is 5.91 Å². The van der Waals surface area contributed by atoms with Crippen LogP contribution < -0.4 is 5.32 Å². The third-order valence-electron chi connectivity index (χ3n) is 3.46. The number of aromatic nitrogens is 3. The van der Waals surface area contributed by atoms with Gasteiger partial charge in [-0.25, -0.2) is 9.97 Å². The van der Waals surface area contributed by atoms with Crippen molar-refractivity contribution in [3.05, 3.63) is 55.6 Å². The topological polar surface area (TPSA) is 67.8 Å². The van der Waals surface area contributed by atoms with E-state index in [-0.39, 0.29) is 12.3 Å². The molecule has 5 nitrogen and oxygen atoms in total. The van der Waals surface area contributed by atoms with Crippen molar-refractivity contribution in [2.45, 2.75) is 6.42 Å². The number of nitrogens with one attached hydrogen (secondary N) is 1. The smallest absolute Gasteiger partial charge is 0.232 e. The van der Waals surface area contributed by atoms with Crippen LogP contribution in [0.4, 0.5) is 5.13 Å². The van der Waals surface area contributed by atoms with E-state index in [1.807, 2.05) is 29.0 Å². The summed E-state index contributed by atoms with van der Waals surface area (Å²) in [5.41, 5.74) is 2.95. The molecule has 4 aromatic rings. The first-order valence-electron chi connectivity index (χ1n) is 7.65. The normalized spacial score (nSPS) is 10.9. The van der Waals surface area contributed by atoms with Crippen LogP contribution in [-0.4, -0.2) is 20.9 Å². The molecular weight excluding hydrogens is 443 g/mol. The molecule has 0 aromatic carbocycles. The lowest BCUT2D eigenvalue weighted by molar-refractivity contribution is -0.115. The number of anilines is 1. The highest BCUT2D eigenvalue weighted by atomic mass is 35.5. The number of carbonyl (C=O) groups excluding carboxylic acids is 1. The summed E-state index contributed by atoms with van der Waals surface area (Å²) in [7, 11) is 0. The van der Waals surface area contributed by atoms with Crippen LogP contribution in [0, 0.1) is 0 Å². The molecule has 0 aliphatic heterocycles. The Labute approximate surface area is 176 Å². The van der Waals surface area contributed by atoms with Crippen molar-refractivity contribution in [2.75, 3.05) is 5.32 Å². The molecule has 1 N–H and O–H groups in total. The molecule has 0 aliphatic carbocycles. The number of thiophene rings is 1. The first-order valence-corrected chi connectivity index (χ1v) is 11.0. The van der Waals surface area contributed by atoms with Crippen LogP contribution in [0.25, 0.3) is 22.0 Å². The van der Waals surface area contributed by atoms with Gasteiger partial charge in [0.15, 0.2) is 5.13 Å². The van der Waals surface area contributed by atoms with Crippen LogP contribution in [0.15, 0.2) is 41.2 Å². The van der Waals surface area contributed by atoms with Crippen molar-refractivity contribution in [3.63, 3.8) is 0 Å². The number of pyridine rings is 1. The predicted octanol–water partition coefficient (Wildman–Crippen LogP) is 5.88. The molecule has 4 heterocycles. The van der Waals surface area contributed by atoms with E-state index in [0.717, 1.165) is 16.3 Å². The standard InChI is InChI=1S/C17H10Cl2N4OS3/c18-13-6-10(15(19)27-13)12-8-26-17(22-12)23-14(24)5-9-7-25-16(21-9)11-3-1-2-4-20-11/h1-4,6-8H,5H2,(H,22,23,24). The third-order valence-corrected chi connectivity index (χ3v) is 6.62. The number of rotatable bonds is 5. The fraction of sp³-hybridized carbons (Fsp3) is 0.0588. The second-order valence-electron chi connectivity index (χ2n) is 5.36. The highest BCUT2D eigenvalue weighted by molar-refractivity contribution is 7.20. The first kappa shape index (κ1) is 18.5. The van der Waals surface area contributed by atoms with Crippen LogP contribution in [0.3, 0.4) is 0 Å². The molecule has 136 valence electrons. The van der Waals surface area contributed by atoms with Crippen molar-refractivity contribution in [2.24, 2.45) is 0 Å². The lowest BCUT2D eigenvalue weighted by atomic mass is 10.3. The summed E-state index contributed by atoms with van der Waals surface area (Å²) in [6.07, 6.45) is 1.89. The summed E-state index contributed by atoms with van der Waals surface area (Å²) < 4.78 is 1.17. The molecule has 10 heteroatoms. The largest absolute Gasteiger partial charge is 0.302 e. The Balaban J connectivity index is 1.42. The van der Waals surface area contributed by atoms with E-state index in [1.165, 1.54) is 34.0 Å². The second kappa shape index (κ2) is 8.04. The Morgan fingerprint density at radius 2 is 2.00 bits per heavy atom. The average Bonchev–Trinajstić information content (AvgIpc) is 3.36. The van der Waals surface area contributed by atoms with Gasteiger partial charge in [-0.3, -0.25) is 9.78 Å². The minimum absolute atomic E-state index is 0.170. The van der Waals surface area contributed by atoms with Gasteiger partial charge in [-0.2, -0.15) is 0 Å². The fourth-order valence-electron chi connectivity index (χ4n) is 2.29. The molecule has 4 aromatic heterocycles. The van der Waals surface area contributed by atoms with Crippen LogP contribution >= 0.6 is 57.2 Å². The minimum atomic E-state index is -0.178. The summed E-state index contributed by atoms with van der Waals surface area (Å²) in [6, 6.07) is 7.42. The highest BCUT2D eigenvalue weighted by Gasteiger charge is 2.14. The van der Waals surface area contributed by atoms with Gasteiger partial charge in [0, 0.05) is 22.5 Å². The van der Waals surface area contributed by atoms with Gasteiger partial charge in [-0.15, -0.1) is 34.0 Å². The minimum Gasteiger partial charge on any atom is -0.302 e. The van der Waals surface area contributed by atoms with Gasteiger partial charge in [0.05, 0.1) is 27.8 Å². The molecule has 0 spiro atoms. The highest BCUT2D eigenvalue weighted by Crippen LogP contribution is 2.39. The molecule has 0 aliphatic rings. The Morgan fingerprint density at radius 3 is 2.74 bits per heavy atom. The summed E-state index contributed by atoms with van der Waals surface area (Å²) in [5, 5.41) is 7.80. The number of hydrogen-bond donors (Lipinski definition) is 1. The van der Waals surface area contributed by atoms with Crippen LogP contribution in [0.2, 0.25) is 8.67 Å². The SMILES string of the molecule is O=C(Cc1csc(-c2ccccn2)n1)Nc1nc(-c2cc(Cl)sc2Cl)cs1. The predicted molar refractivity (Wildman–Crippen MR) is 113 cm³/mol. The quantitative estimate of drug-likeness (QED) is 0.410. The van der Waals surface area contributed by atoms with Gasteiger partial charge in [0.25, 0.3) is 0 Å². The summed E-state index contributed by atoms with van der Waals surface area (Å²) in [5.74, 6) is -0.178. The Morgan fingerprint density at radius 1 is 1.11 bits per heavy atom. The Kier molecular flexibility index (Phi) is 5.51. The molecule has 0 saturated carbocycles. The molecule has 0 fully saturated rings. The van der Waals surface area contributed by atoms with Crippen LogP contribution in [0.1, 0.15) is 5.69 Å². The maximum Gasteiger partial charge on any atom is 0.232 e. The van der Waals surface area contributed by atoms with E-state index >= 15 is 0 Å². The van der Waals surface area contributed by atoms with E-state index in [1.54, 1.807) is 12.3 Å². The van der Waals surface area contributed by atoms with Crippen LogP contribution in [0.5, 0.6) is 0 Å². The number of thiazole rings is 2. The molecule has 27 heavy (non-hydrogen) atoms. The summed E-state index contributed by atoms with van der Waals surface area (Å²) in [4.78, 5) is 25.5.